The van der Waals surface area contributed by atoms with Gasteiger partial charge in [0, 0.05) is 13.2 Å². The fourth-order valence-corrected chi connectivity index (χ4v) is 4.38. The smallest absolute Gasteiger partial charge is 0.335 e. The number of rotatable bonds is 10. The number of hydrogen-bond donors (Lipinski definition) is 2. The first-order valence-corrected chi connectivity index (χ1v) is 11.8. The van der Waals surface area contributed by atoms with Crippen LogP contribution in [-0.2, 0) is 14.9 Å². The third kappa shape index (κ3) is 6.14. The highest BCUT2D eigenvalue weighted by molar-refractivity contribution is 5.89. The van der Waals surface area contributed by atoms with Crippen molar-refractivity contribution in [2.75, 3.05) is 19.8 Å². The summed E-state index contributed by atoms with van der Waals surface area (Å²) in [7, 11) is 0. The van der Waals surface area contributed by atoms with E-state index in [1.54, 1.807) is 24.3 Å². The third-order valence-electron chi connectivity index (χ3n) is 6.51. The molecule has 2 N–H and O–H groups in total. The molecule has 0 spiro atoms. The lowest BCUT2D eigenvalue weighted by molar-refractivity contribution is -0.131. The van der Waals surface area contributed by atoms with Crippen LogP contribution in [0.25, 0.3) is 0 Å². The summed E-state index contributed by atoms with van der Waals surface area (Å²) in [5, 5.41) is 12.3. The summed E-state index contributed by atoms with van der Waals surface area (Å²) in [6, 6.07) is 14.3. The van der Waals surface area contributed by atoms with Crippen molar-refractivity contribution in [2.24, 2.45) is 5.92 Å². The van der Waals surface area contributed by atoms with Gasteiger partial charge in [0.2, 0.25) is 5.91 Å². The van der Waals surface area contributed by atoms with Crippen molar-refractivity contribution < 1.29 is 24.2 Å². The van der Waals surface area contributed by atoms with Crippen LogP contribution in [0.2, 0.25) is 0 Å². The molecule has 1 heterocycles. The predicted octanol–water partition coefficient (Wildman–Crippen LogP) is 5.13. The zero-order valence-corrected chi connectivity index (χ0v) is 19.8. The number of carbonyl (C=O) groups is 2. The van der Waals surface area contributed by atoms with Gasteiger partial charge in [-0.1, -0.05) is 44.5 Å². The number of amides is 1. The molecule has 1 amide bonds. The molecular weight excluding hydrogens is 418 g/mol. The number of aromatic carboxylic acids is 1. The van der Waals surface area contributed by atoms with E-state index in [0.29, 0.717) is 38.6 Å². The van der Waals surface area contributed by atoms with E-state index in [-0.39, 0.29) is 17.5 Å². The highest BCUT2D eigenvalue weighted by Crippen LogP contribution is 2.36. The van der Waals surface area contributed by atoms with Crippen LogP contribution in [0.15, 0.2) is 48.5 Å². The molecule has 2 atom stereocenters. The first-order valence-electron chi connectivity index (χ1n) is 11.8. The molecule has 3 rings (SSSR count). The highest BCUT2D eigenvalue weighted by atomic mass is 16.5. The van der Waals surface area contributed by atoms with Gasteiger partial charge in [-0.2, -0.15) is 0 Å². The lowest BCUT2D eigenvalue weighted by Crippen LogP contribution is -2.48. The van der Waals surface area contributed by atoms with Crippen molar-refractivity contribution in [3.05, 3.63) is 65.2 Å². The maximum Gasteiger partial charge on any atom is 0.335 e. The van der Waals surface area contributed by atoms with E-state index in [1.165, 1.54) is 0 Å². The second kappa shape index (κ2) is 11.3. The minimum Gasteiger partial charge on any atom is -0.493 e. The molecule has 1 aliphatic rings. The third-order valence-corrected chi connectivity index (χ3v) is 6.51. The first-order chi connectivity index (χ1) is 15.9. The molecule has 0 aliphatic carbocycles. The molecule has 1 aliphatic heterocycles. The number of carbonyl (C=O) groups excluding carboxylic acids is 1. The summed E-state index contributed by atoms with van der Waals surface area (Å²) in [5.41, 5.74) is 1.39. The van der Waals surface area contributed by atoms with E-state index in [1.807, 2.05) is 31.2 Å². The van der Waals surface area contributed by atoms with Crippen molar-refractivity contribution in [3.8, 4) is 5.75 Å². The second-order valence-corrected chi connectivity index (χ2v) is 9.05. The van der Waals surface area contributed by atoms with Crippen molar-refractivity contribution in [2.45, 2.75) is 57.9 Å². The monoisotopic (exact) mass is 453 g/mol. The van der Waals surface area contributed by atoms with Gasteiger partial charge in [-0.3, -0.25) is 4.79 Å². The summed E-state index contributed by atoms with van der Waals surface area (Å²) in [6.45, 7) is 8.02. The second-order valence-electron chi connectivity index (χ2n) is 9.05. The number of benzene rings is 2. The van der Waals surface area contributed by atoms with Gasteiger partial charge in [0.25, 0.3) is 0 Å². The quantitative estimate of drug-likeness (QED) is 0.521. The molecular formula is C27H35NO5. The molecule has 178 valence electrons. The Kier molecular flexibility index (Phi) is 8.50. The van der Waals surface area contributed by atoms with E-state index in [2.05, 4.69) is 19.2 Å². The lowest BCUT2D eigenvalue weighted by atomic mass is 9.73. The van der Waals surface area contributed by atoms with Crippen LogP contribution in [0.3, 0.4) is 0 Å². The van der Waals surface area contributed by atoms with Crippen LogP contribution in [0.1, 0.15) is 74.0 Å². The molecule has 33 heavy (non-hydrogen) atoms. The van der Waals surface area contributed by atoms with Crippen molar-refractivity contribution in [1.82, 2.24) is 5.32 Å². The normalized spacial score (nSPS) is 17.1. The largest absolute Gasteiger partial charge is 0.493 e. The molecule has 1 unspecified atom stereocenters. The Morgan fingerprint density at radius 2 is 1.70 bits per heavy atom. The fraction of sp³-hybridized carbons (Fsp3) is 0.481. The molecule has 6 heteroatoms. The summed E-state index contributed by atoms with van der Waals surface area (Å²) in [4.78, 5) is 24.7. The Hall–Kier alpha value is -2.86. The minimum absolute atomic E-state index is 0.0363. The van der Waals surface area contributed by atoms with E-state index in [4.69, 9.17) is 14.6 Å². The zero-order valence-electron chi connectivity index (χ0n) is 19.8. The Morgan fingerprint density at radius 1 is 1.06 bits per heavy atom. The van der Waals surface area contributed by atoms with Crippen molar-refractivity contribution in [1.29, 1.82) is 0 Å². The first kappa shape index (κ1) is 24.8. The van der Waals surface area contributed by atoms with Crippen LogP contribution < -0.4 is 10.1 Å². The molecule has 1 fully saturated rings. The highest BCUT2D eigenvalue weighted by Gasteiger charge is 2.42. The van der Waals surface area contributed by atoms with Gasteiger partial charge in [-0.25, -0.2) is 4.79 Å². The van der Waals surface area contributed by atoms with Crippen molar-refractivity contribution >= 4 is 11.9 Å². The topological polar surface area (TPSA) is 84.9 Å². The number of ether oxygens (including phenoxy) is 2. The number of nitrogens with one attached hydrogen (secondary N) is 1. The number of carboxylic acids is 1. The number of carboxylic acid groups (broad SMARTS) is 1. The maximum atomic E-state index is 13.6. The van der Waals surface area contributed by atoms with Crippen LogP contribution in [0, 0.1) is 5.92 Å². The molecule has 0 bridgehead atoms. The fourth-order valence-electron chi connectivity index (χ4n) is 4.38. The maximum absolute atomic E-state index is 13.6. The van der Waals surface area contributed by atoms with Gasteiger partial charge in [-0.15, -0.1) is 0 Å². The lowest BCUT2D eigenvalue weighted by Gasteiger charge is -2.37. The Labute approximate surface area is 196 Å². The summed E-state index contributed by atoms with van der Waals surface area (Å²) < 4.78 is 11.5. The molecule has 2 aromatic rings. The summed E-state index contributed by atoms with van der Waals surface area (Å²) >= 11 is 0. The molecule has 6 nitrogen and oxygen atoms in total. The Morgan fingerprint density at radius 3 is 2.27 bits per heavy atom. The van der Waals surface area contributed by atoms with Gasteiger partial charge in [0.1, 0.15) is 5.75 Å². The predicted molar refractivity (Wildman–Crippen MR) is 128 cm³/mol. The van der Waals surface area contributed by atoms with E-state index >= 15 is 0 Å². The van der Waals surface area contributed by atoms with Crippen LogP contribution in [-0.4, -0.2) is 36.8 Å². The van der Waals surface area contributed by atoms with Gasteiger partial charge in [0.05, 0.1) is 23.6 Å². The minimum atomic E-state index is -0.966. The average Bonchev–Trinajstić information content (AvgIpc) is 2.83. The Bertz CT molecular complexity index is 917. The Balaban J connectivity index is 1.73. The molecule has 2 aromatic carbocycles. The molecule has 0 aromatic heterocycles. The zero-order chi connectivity index (χ0) is 23.8. The van der Waals surface area contributed by atoms with Crippen LogP contribution >= 0.6 is 0 Å². The van der Waals surface area contributed by atoms with E-state index in [9.17, 15) is 9.59 Å². The van der Waals surface area contributed by atoms with Gasteiger partial charge in [-0.05, 0) is 67.5 Å². The van der Waals surface area contributed by atoms with Gasteiger partial charge < -0.3 is 19.9 Å². The standard InChI is InChI=1S/C27H35NO5/c1-4-5-19(2)18-33-24-12-10-23(11-13-24)27(14-16-32-17-15-27)26(31)28-20(3)21-6-8-22(9-7-21)25(29)30/h6-13,19-20H,4-5,14-18H2,1-3H3,(H,28,31)(H,29,30)/t19?,20-/m0/s1. The van der Waals surface area contributed by atoms with Gasteiger partial charge >= 0.3 is 5.97 Å². The van der Waals surface area contributed by atoms with Crippen LogP contribution in [0.4, 0.5) is 0 Å². The molecule has 1 saturated heterocycles. The summed E-state index contributed by atoms with van der Waals surface area (Å²) in [5.74, 6) is 0.321. The number of hydrogen-bond acceptors (Lipinski definition) is 4. The van der Waals surface area contributed by atoms with E-state index in [0.717, 1.165) is 29.7 Å². The van der Waals surface area contributed by atoms with E-state index < -0.39 is 11.4 Å². The average molecular weight is 454 g/mol. The SMILES string of the molecule is CCCC(C)COc1ccc(C2(C(=O)N[C@@H](C)c3ccc(C(=O)O)cc3)CCOCC2)cc1. The van der Waals surface area contributed by atoms with Crippen molar-refractivity contribution in [3.63, 3.8) is 0 Å². The molecule has 0 saturated carbocycles. The van der Waals surface area contributed by atoms with Gasteiger partial charge in [0.15, 0.2) is 0 Å². The summed E-state index contributed by atoms with van der Waals surface area (Å²) in [6.07, 6.45) is 3.50. The molecule has 0 radical (unpaired) electrons. The van der Waals surface area contributed by atoms with Crippen LogP contribution in [0.5, 0.6) is 5.75 Å².